The van der Waals surface area contributed by atoms with Crippen LogP contribution in [0.4, 0.5) is 0 Å². The lowest BCUT2D eigenvalue weighted by Crippen LogP contribution is -2.23. The second kappa shape index (κ2) is 10.4. The van der Waals surface area contributed by atoms with Gasteiger partial charge >= 0.3 is 0 Å². The average Bonchev–Trinajstić information content (AvgIpc) is 2.85. The summed E-state index contributed by atoms with van der Waals surface area (Å²) in [7, 11) is 0. The Bertz CT molecular complexity index is 497. The molecule has 0 aliphatic carbocycles. The van der Waals surface area contributed by atoms with Gasteiger partial charge in [-0.15, -0.1) is 11.3 Å². The summed E-state index contributed by atoms with van der Waals surface area (Å²) in [5, 5.41) is 2.99. The Morgan fingerprint density at radius 3 is 2.71 bits per heavy atom. The summed E-state index contributed by atoms with van der Waals surface area (Å²) in [6, 6.07) is 1.90. The van der Waals surface area contributed by atoms with Crippen LogP contribution in [0.3, 0.4) is 0 Å². The van der Waals surface area contributed by atoms with E-state index in [2.05, 4.69) is 24.1 Å². The third-order valence-electron chi connectivity index (χ3n) is 3.26. The predicted molar refractivity (Wildman–Crippen MR) is 90.7 cm³/mol. The maximum Gasteiger partial charge on any atom is 0.261 e. The van der Waals surface area contributed by atoms with Gasteiger partial charge in [0.15, 0.2) is 0 Å². The monoisotopic (exact) mass is 306 g/mol. The minimum absolute atomic E-state index is 0.0115. The number of aryl methyl sites for hydroxylation is 1. The molecule has 0 atom stereocenters. The normalized spacial score (nSPS) is 10.0. The Hall–Kier alpha value is -1.31. The van der Waals surface area contributed by atoms with Gasteiger partial charge in [0.2, 0.25) is 0 Å². The van der Waals surface area contributed by atoms with Crippen LogP contribution in [0.2, 0.25) is 0 Å². The number of nitrogens with two attached hydrogens (primary N) is 1. The zero-order valence-corrected chi connectivity index (χ0v) is 13.9. The average molecular weight is 306 g/mol. The van der Waals surface area contributed by atoms with Crippen LogP contribution in [0.5, 0.6) is 0 Å². The van der Waals surface area contributed by atoms with Crippen molar-refractivity contribution in [3.63, 3.8) is 0 Å². The molecule has 0 spiro atoms. The van der Waals surface area contributed by atoms with Crippen LogP contribution in [0.25, 0.3) is 0 Å². The molecule has 1 aromatic heterocycles. The van der Waals surface area contributed by atoms with Crippen molar-refractivity contribution in [2.75, 3.05) is 13.1 Å². The molecule has 3 nitrogen and oxygen atoms in total. The van der Waals surface area contributed by atoms with Gasteiger partial charge in [-0.2, -0.15) is 0 Å². The quantitative estimate of drug-likeness (QED) is 0.571. The van der Waals surface area contributed by atoms with Crippen molar-refractivity contribution in [2.24, 2.45) is 5.73 Å². The lowest BCUT2D eigenvalue weighted by atomic mass is 10.1. The number of thiophene rings is 1. The minimum Gasteiger partial charge on any atom is -0.351 e. The van der Waals surface area contributed by atoms with Gasteiger partial charge in [-0.25, -0.2) is 0 Å². The summed E-state index contributed by atoms with van der Waals surface area (Å²) in [4.78, 5) is 13.7. The fourth-order valence-corrected chi connectivity index (χ4v) is 3.01. The van der Waals surface area contributed by atoms with E-state index >= 15 is 0 Å². The Balaban J connectivity index is 2.32. The van der Waals surface area contributed by atoms with Crippen LogP contribution in [0.1, 0.15) is 65.6 Å². The van der Waals surface area contributed by atoms with Gasteiger partial charge in [-0.1, -0.05) is 50.9 Å². The van der Waals surface area contributed by atoms with E-state index < -0.39 is 0 Å². The highest BCUT2D eigenvalue weighted by molar-refractivity contribution is 7.14. The molecule has 0 aromatic carbocycles. The van der Waals surface area contributed by atoms with E-state index in [9.17, 15) is 4.79 Å². The second-order valence-electron chi connectivity index (χ2n) is 5.15. The Kier molecular flexibility index (Phi) is 8.80. The number of nitrogens with one attached hydrogen (secondary N) is 1. The van der Waals surface area contributed by atoms with Gasteiger partial charge in [-0.3, -0.25) is 4.79 Å². The number of hydrogen-bond acceptors (Lipinski definition) is 3. The van der Waals surface area contributed by atoms with Crippen molar-refractivity contribution < 1.29 is 4.79 Å². The number of amides is 1. The highest BCUT2D eigenvalue weighted by Gasteiger charge is 2.10. The van der Waals surface area contributed by atoms with Crippen molar-refractivity contribution in [3.05, 3.63) is 21.4 Å². The maximum absolute atomic E-state index is 12.0. The molecule has 0 bridgehead atoms. The molecule has 116 valence electrons. The van der Waals surface area contributed by atoms with E-state index in [1.54, 1.807) is 0 Å². The number of carbonyl (C=O) groups is 1. The van der Waals surface area contributed by atoms with Gasteiger partial charge in [0, 0.05) is 6.54 Å². The van der Waals surface area contributed by atoms with Crippen LogP contribution in [0, 0.1) is 18.8 Å². The third kappa shape index (κ3) is 6.79. The highest BCUT2D eigenvalue weighted by atomic mass is 32.1. The second-order valence-corrected chi connectivity index (χ2v) is 6.20. The Morgan fingerprint density at radius 2 is 2.00 bits per heavy atom. The summed E-state index contributed by atoms with van der Waals surface area (Å²) in [5.41, 5.74) is 6.42. The lowest BCUT2D eigenvalue weighted by Gasteiger charge is -2.03. The molecule has 0 saturated heterocycles. The number of rotatable bonds is 8. The molecule has 1 amide bonds. The van der Waals surface area contributed by atoms with E-state index in [4.69, 9.17) is 5.73 Å². The van der Waals surface area contributed by atoms with Crippen LogP contribution in [-0.2, 0) is 0 Å². The summed E-state index contributed by atoms with van der Waals surface area (Å²) in [6.45, 7) is 5.29. The zero-order chi connectivity index (χ0) is 15.5. The van der Waals surface area contributed by atoms with Gasteiger partial charge in [-0.05, 0) is 25.0 Å². The first-order chi connectivity index (χ1) is 10.2. The van der Waals surface area contributed by atoms with E-state index in [-0.39, 0.29) is 5.91 Å². The molecule has 1 aromatic rings. The molecule has 0 aliphatic rings. The van der Waals surface area contributed by atoms with Crippen LogP contribution < -0.4 is 11.1 Å². The Morgan fingerprint density at radius 1 is 1.29 bits per heavy atom. The largest absolute Gasteiger partial charge is 0.351 e. The van der Waals surface area contributed by atoms with E-state index in [1.807, 2.05) is 13.0 Å². The van der Waals surface area contributed by atoms with Crippen molar-refractivity contribution in [3.8, 4) is 11.8 Å². The van der Waals surface area contributed by atoms with Crippen LogP contribution in [0.15, 0.2) is 6.07 Å². The summed E-state index contributed by atoms with van der Waals surface area (Å²) in [6.07, 6.45) is 7.40. The fraction of sp³-hybridized carbons (Fsp3) is 0.588. The molecular weight excluding hydrogens is 280 g/mol. The van der Waals surface area contributed by atoms with E-state index in [0.29, 0.717) is 6.54 Å². The molecular formula is C17H26N2OS. The van der Waals surface area contributed by atoms with Gasteiger partial charge in [0.05, 0.1) is 16.3 Å². The van der Waals surface area contributed by atoms with Crippen LogP contribution in [-0.4, -0.2) is 19.0 Å². The summed E-state index contributed by atoms with van der Waals surface area (Å²) in [5.74, 6) is 5.85. The SMILES string of the molecule is CCCCCCCCNC(=O)c1cc(C)c(C#CCN)s1. The lowest BCUT2D eigenvalue weighted by molar-refractivity contribution is 0.0957. The maximum atomic E-state index is 12.0. The fourth-order valence-electron chi connectivity index (χ4n) is 2.04. The van der Waals surface area contributed by atoms with Crippen LogP contribution >= 0.6 is 11.3 Å². The minimum atomic E-state index is 0.0115. The summed E-state index contributed by atoms with van der Waals surface area (Å²) < 4.78 is 0. The third-order valence-corrected chi connectivity index (χ3v) is 4.41. The smallest absolute Gasteiger partial charge is 0.261 e. The molecule has 4 heteroatoms. The molecule has 0 saturated carbocycles. The highest BCUT2D eigenvalue weighted by Crippen LogP contribution is 2.20. The van der Waals surface area contributed by atoms with Gasteiger partial charge in [0.1, 0.15) is 0 Å². The Labute approximate surface area is 132 Å². The van der Waals surface area contributed by atoms with Crippen molar-refractivity contribution >= 4 is 17.2 Å². The topological polar surface area (TPSA) is 55.1 Å². The molecule has 3 N–H and O–H groups in total. The molecule has 0 aliphatic heterocycles. The first-order valence-electron chi connectivity index (χ1n) is 7.76. The first kappa shape index (κ1) is 17.7. The number of carbonyl (C=O) groups excluding carboxylic acids is 1. The number of hydrogen-bond donors (Lipinski definition) is 2. The van der Waals surface area contributed by atoms with E-state index in [1.165, 1.54) is 43.4 Å². The molecule has 1 rings (SSSR count). The van der Waals surface area contributed by atoms with Crippen molar-refractivity contribution in [2.45, 2.75) is 52.4 Å². The first-order valence-corrected chi connectivity index (χ1v) is 8.58. The van der Waals surface area contributed by atoms with E-state index in [0.717, 1.165) is 28.3 Å². The van der Waals surface area contributed by atoms with Crippen molar-refractivity contribution in [1.29, 1.82) is 0 Å². The van der Waals surface area contributed by atoms with Gasteiger partial charge < -0.3 is 11.1 Å². The molecule has 0 unspecified atom stereocenters. The molecule has 0 fully saturated rings. The molecule has 0 radical (unpaired) electrons. The van der Waals surface area contributed by atoms with Gasteiger partial charge in [0.25, 0.3) is 5.91 Å². The standard InChI is InChI=1S/C17H26N2OS/c1-3-4-5-6-7-8-12-19-17(20)16-13-14(2)15(21-16)10-9-11-18/h13H,3-8,11-12,18H2,1-2H3,(H,19,20). The number of unbranched alkanes of at least 4 members (excludes halogenated alkanes) is 5. The molecule has 21 heavy (non-hydrogen) atoms. The van der Waals surface area contributed by atoms with Crippen molar-refractivity contribution in [1.82, 2.24) is 5.32 Å². The molecule has 1 heterocycles. The zero-order valence-electron chi connectivity index (χ0n) is 13.1. The predicted octanol–water partition coefficient (Wildman–Crippen LogP) is 3.46. The summed E-state index contributed by atoms with van der Waals surface area (Å²) >= 11 is 1.44.